The predicted molar refractivity (Wildman–Crippen MR) is 125 cm³/mol. The van der Waals surface area contributed by atoms with Crippen LogP contribution in [0.5, 0.6) is 0 Å². The van der Waals surface area contributed by atoms with Crippen molar-refractivity contribution in [2.75, 3.05) is 31.1 Å². The van der Waals surface area contributed by atoms with Crippen molar-refractivity contribution < 1.29 is 9.53 Å². The zero-order valence-electron chi connectivity index (χ0n) is 17.7. The Bertz CT molecular complexity index is 1110. The molecule has 162 valence electrons. The topological polar surface area (TPSA) is 58.6 Å². The number of rotatable bonds is 2. The molecule has 1 aliphatic rings. The summed E-state index contributed by atoms with van der Waals surface area (Å²) >= 11 is 12.7. The third-order valence-corrected chi connectivity index (χ3v) is 5.80. The Morgan fingerprint density at radius 3 is 2.16 bits per heavy atom. The lowest BCUT2D eigenvalue weighted by atomic mass is 10.0. The summed E-state index contributed by atoms with van der Waals surface area (Å²) in [7, 11) is 0. The van der Waals surface area contributed by atoms with Gasteiger partial charge in [0.1, 0.15) is 11.3 Å². The molecule has 2 aromatic carbocycles. The Morgan fingerprint density at radius 1 is 0.935 bits per heavy atom. The van der Waals surface area contributed by atoms with Crippen LogP contribution >= 0.6 is 23.2 Å². The minimum Gasteiger partial charge on any atom is -0.444 e. The number of anilines is 1. The number of hydrogen-bond donors (Lipinski definition) is 0. The van der Waals surface area contributed by atoms with Crippen LogP contribution in [0.1, 0.15) is 20.8 Å². The van der Waals surface area contributed by atoms with Crippen molar-refractivity contribution in [2.45, 2.75) is 26.4 Å². The Morgan fingerprint density at radius 2 is 1.55 bits per heavy atom. The van der Waals surface area contributed by atoms with E-state index in [1.54, 1.807) is 4.90 Å². The van der Waals surface area contributed by atoms with Gasteiger partial charge in [-0.25, -0.2) is 4.79 Å². The highest BCUT2D eigenvalue weighted by Gasteiger charge is 2.27. The Hall–Kier alpha value is -2.57. The van der Waals surface area contributed by atoms with Crippen LogP contribution in [0.4, 0.5) is 10.6 Å². The maximum Gasteiger partial charge on any atom is 0.410 e. The summed E-state index contributed by atoms with van der Waals surface area (Å²) in [4.78, 5) is 16.2. The second-order valence-electron chi connectivity index (χ2n) is 8.50. The summed E-state index contributed by atoms with van der Waals surface area (Å²) in [5, 5.41) is 11.8. The van der Waals surface area contributed by atoms with Crippen LogP contribution in [0.3, 0.4) is 0 Å². The van der Waals surface area contributed by atoms with E-state index in [1.807, 2.05) is 63.2 Å². The fourth-order valence-electron chi connectivity index (χ4n) is 3.60. The van der Waals surface area contributed by atoms with Crippen molar-refractivity contribution in [3.05, 3.63) is 52.5 Å². The minimum atomic E-state index is -0.515. The molecule has 0 atom stereocenters. The van der Waals surface area contributed by atoms with E-state index in [0.717, 1.165) is 27.8 Å². The number of hydrogen-bond acceptors (Lipinski definition) is 5. The Kier molecular flexibility index (Phi) is 5.95. The third-order valence-electron chi connectivity index (χ3n) is 5.08. The summed E-state index contributed by atoms with van der Waals surface area (Å²) in [5.41, 5.74) is 1.20. The largest absolute Gasteiger partial charge is 0.444 e. The van der Waals surface area contributed by atoms with Crippen molar-refractivity contribution in [3.8, 4) is 11.3 Å². The van der Waals surface area contributed by atoms with Crippen LogP contribution in [0.25, 0.3) is 22.0 Å². The number of amides is 1. The fourth-order valence-corrected chi connectivity index (χ4v) is 3.93. The smallest absolute Gasteiger partial charge is 0.410 e. The van der Waals surface area contributed by atoms with Gasteiger partial charge in [-0.1, -0.05) is 53.5 Å². The van der Waals surface area contributed by atoms with Gasteiger partial charge >= 0.3 is 6.09 Å². The second kappa shape index (κ2) is 8.52. The first-order valence-electron chi connectivity index (χ1n) is 10.2. The molecule has 6 nitrogen and oxygen atoms in total. The first kappa shape index (κ1) is 21.7. The Labute approximate surface area is 191 Å². The molecular formula is C23H24Cl2N4O2. The highest BCUT2D eigenvalue weighted by atomic mass is 35.5. The number of fused-ring (bicyclic) bond motifs is 1. The van der Waals surface area contributed by atoms with Gasteiger partial charge in [-0.3, -0.25) is 0 Å². The number of piperazine rings is 1. The van der Waals surface area contributed by atoms with E-state index in [-0.39, 0.29) is 6.09 Å². The molecule has 0 radical (unpaired) electrons. The van der Waals surface area contributed by atoms with Crippen molar-refractivity contribution in [3.63, 3.8) is 0 Å². The third kappa shape index (κ3) is 4.70. The van der Waals surface area contributed by atoms with Gasteiger partial charge in [0.2, 0.25) is 0 Å². The number of nitrogens with zero attached hydrogens (tertiary/aromatic N) is 4. The SMILES string of the molecule is CC(C)(C)OC(=O)N1CCN(c2nnc(-c3ccccc3)c3cc(Cl)c(Cl)cc23)CC1. The van der Waals surface area contributed by atoms with Crippen LogP contribution in [0.2, 0.25) is 10.0 Å². The number of halogens is 2. The van der Waals surface area contributed by atoms with Gasteiger partial charge in [-0.15, -0.1) is 10.2 Å². The van der Waals surface area contributed by atoms with Gasteiger partial charge < -0.3 is 14.5 Å². The molecule has 0 saturated carbocycles. The van der Waals surface area contributed by atoms with Crippen molar-refractivity contribution in [1.82, 2.24) is 15.1 Å². The average Bonchev–Trinajstić information content (AvgIpc) is 2.73. The van der Waals surface area contributed by atoms with E-state index in [4.69, 9.17) is 27.9 Å². The highest BCUT2D eigenvalue weighted by Crippen LogP contribution is 2.37. The first-order chi connectivity index (χ1) is 14.7. The van der Waals surface area contributed by atoms with Gasteiger partial charge in [0.25, 0.3) is 0 Å². The molecule has 2 heterocycles. The summed E-state index contributed by atoms with van der Waals surface area (Å²) in [6.07, 6.45) is -0.294. The number of benzene rings is 2. The molecule has 1 fully saturated rings. The van der Waals surface area contributed by atoms with Crippen LogP contribution in [-0.4, -0.2) is 53.0 Å². The molecule has 1 aromatic heterocycles. The molecule has 0 spiro atoms. The molecular weight excluding hydrogens is 435 g/mol. The summed E-state index contributed by atoms with van der Waals surface area (Å²) in [6.45, 7) is 7.92. The second-order valence-corrected chi connectivity index (χ2v) is 9.32. The van der Waals surface area contributed by atoms with Crippen LogP contribution in [0.15, 0.2) is 42.5 Å². The van der Waals surface area contributed by atoms with E-state index in [0.29, 0.717) is 36.2 Å². The lowest BCUT2D eigenvalue weighted by molar-refractivity contribution is 0.0240. The number of carbonyl (C=O) groups excluding carboxylic acids is 1. The molecule has 1 aliphatic heterocycles. The van der Waals surface area contributed by atoms with Crippen molar-refractivity contribution in [1.29, 1.82) is 0 Å². The molecule has 1 amide bonds. The molecule has 4 rings (SSSR count). The van der Waals surface area contributed by atoms with E-state index in [2.05, 4.69) is 15.1 Å². The van der Waals surface area contributed by atoms with Crippen LogP contribution < -0.4 is 4.90 Å². The van der Waals surface area contributed by atoms with Gasteiger partial charge in [-0.05, 0) is 32.9 Å². The molecule has 0 bridgehead atoms. The van der Waals surface area contributed by atoms with E-state index < -0.39 is 5.60 Å². The zero-order valence-corrected chi connectivity index (χ0v) is 19.2. The number of aromatic nitrogens is 2. The van der Waals surface area contributed by atoms with Crippen molar-refractivity contribution in [2.24, 2.45) is 0 Å². The highest BCUT2D eigenvalue weighted by molar-refractivity contribution is 6.43. The van der Waals surface area contributed by atoms with Gasteiger partial charge in [-0.2, -0.15) is 0 Å². The number of ether oxygens (including phenoxy) is 1. The van der Waals surface area contributed by atoms with E-state index in [1.165, 1.54) is 0 Å². The molecule has 1 saturated heterocycles. The monoisotopic (exact) mass is 458 g/mol. The molecule has 8 heteroatoms. The lowest BCUT2D eigenvalue weighted by Gasteiger charge is -2.36. The minimum absolute atomic E-state index is 0.294. The van der Waals surface area contributed by atoms with Crippen molar-refractivity contribution >= 4 is 45.9 Å². The predicted octanol–water partition coefficient (Wildman–Crippen LogP) is 5.66. The molecule has 3 aromatic rings. The Balaban J connectivity index is 1.65. The van der Waals surface area contributed by atoms with Gasteiger partial charge in [0.05, 0.1) is 10.0 Å². The standard InChI is InChI=1S/C23H24Cl2N4O2/c1-23(2,3)31-22(30)29-11-9-28(10-12-29)21-17-14-19(25)18(24)13-16(17)20(26-27-21)15-7-5-4-6-8-15/h4-8,13-14H,9-12H2,1-3H3. The molecule has 0 aliphatic carbocycles. The van der Waals surface area contributed by atoms with Crippen LogP contribution in [-0.2, 0) is 4.74 Å². The molecule has 0 N–H and O–H groups in total. The molecule has 0 unspecified atom stereocenters. The lowest BCUT2D eigenvalue weighted by Crippen LogP contribution is -2.50. The van der Waals surface area contributed by atoms with Crippen LogP contribution in [0, 0.1) is 0 Å². The normalized spacial score (nSPS) is 14.7. The summed E-state index contributed by atoms with van der Waals surface area (Å²) in [6, 6.07) is 13.6. The quantitative estimate of drug-likeness (QED) is 0.495. The van der Waals surface area contributed by atoms with Gasteiger partial charge in [0.15, 0.2) is 5.82 Å². The number of carbonyl (C=O) groups is 1. The summed E-state index contributed by atoms with van der Waals surface area (Å²) in [5.74, 6) is 0.733. The van der Waals surface area contributed by atoms with E-state index >= 15 is 0 Å². The van der Waals surface area contributed by atoms with Gasteiger partial charge in [0, 0.05) is 42.5 Å². The average molecular weight is 459 g/mol. The maximum atomic E-state index is 12.4. The fraction of sp³-hybridized carbons (Fsp3) is 0.348. The summed E-state index contributed by atoms with van der Waals surface area (Å²) < 4.78 is 5.49. The maximum absolute atomic E-state index is 12.4. The van der Waals surface area contributed by atoms with E-state index in [9.17, 15) is 4.79 Å². The zero-order chi connectivity index (χ0) is 22.2. The molecule has 31 heavy (non-hydrogen) atoms. The first-order valence-corrected chi connectivity index (χ1v) is 10.9.